The average molecular weight is 262 g/mol. The molecule has 1 amide bonds. The molecule has 4 heteroatoms. The number of hydrogen-bond donors (Lipinski definition) is 2. The summed E-state index contributed by atoms with van der Waals surface area (Å²) in [5.41, 5.74) is 1.84. The Kier molecular flexibility index (Phi) is 3.80. The van der Waals surface area contributed by atoms with Gasteiger partial charge in [0, 0.05) is 12.2 Å². The predicted octanol–water partition coefficient (Wildman–Crippen LogP) is 1.32. The monoisotopic (exact) mass is 262 g/mol. The smallest absolute Gasteiger partial charge is 0.240 e. The molecule has 0 unspecified atom stereocenters. The molecular formula is C15H22N2O2. The molecule has 2 N–H and O–H groups in total. The Morgan fingerprint density at radius 3 is 2.84 bits per heavy atom. The van der Waals surface area contributed by atoms with E-state index in [4.69, 9.17) is 0 Å². The third-order valence-electron chi connectivity index (χ3n) is 3.82. The van der Waals surface area contributed by atoms with Crippen molar-refractivity contribution in [1.82, 2.24) is 5.32 Å². The van der Waals surface area contributed by atoms with Crippen LogP contribution in [0.2, 0.25) is 0 Å². The predicted molar refractivity (Wildman–Crippen MR) is 76.3 cm³/mol. The highest BCUT2D eigenvalue weighted by molar-refractivity contribution is 5.83. The van der Waals surface area contributed by atoms with Gasteiger partial charge >= 0.3 is 0 Å². The molecule has 1 aliphatic rings. The number of hydrogen-bond acceptors (Lipinski definition) is 3. The summed E-state index contributed by atoms with van der Waals surface area (Å²) >= 11 is 0. The van der Waals surface area contributed by atoms with Gasteiger partial charge in [0.2, 0.25) is 5.91 Å². The second kappa shape index (κ2) is 5.21. The molecule has 4 nitrogen and oxygen atoms in total. The van der Waals surface area contributed by atoms with Crippen LogP contribution in [0.3, 0.4) is 0 Å². The first-order valence-corrected chi connectivity index (χ1v) is 6.72. The minimum Gasteiger partial charge on any atom is -0.391 e. The lowest BCUT2D eigenvalue weighted by Crippen LogP contribution is -2.53. The Hall–Kier alpha value is -1.55. The molecule has 0 saturated heterocycles. The Labute approximate surface area is 114 Å². The van der Waals surface area contributed by atoms with E-state index in [1.807, 2.05) is 26.0 Å². The van der Waals surface area contributed by atoms with E-state index in [9.17, 15) is 9.90 Å². The van der Waals surface area contributed by atoms with Crippen molar-refractivity contribution in [3.05, 3.63) is 29.8 Å². The van der Waals surface area contributed by atoms with E-state index in [0.29, 0.717) is 6.54 Å². The van der Waals surface area contributed by atoms with Gasteiger partial charge in [-0.05, 0) is 38.8 Å². The molecular weight excluding hydrogens is 240 g/mol. The highest BCUT2D eigenvalue weighted by Crippen LogP contribution is 2.26. The second-order valence-corrected chi connectivity index (χ2v) is 5.75. The zero-order valence-corrected chi connectivity index (χ0v) is 11.8. The fraction of sp³-hybridized carbons (Fsp3) is 0.533. The van der Waals surface area contributed by atoms with Crippen LogP contribution in [0.15, 0.2) is 24.3 Å². The number of anilines is 1. The number of aliphatic hydroxyl groups is 1. The Balaban J connectivity index is 1.98. The number of carbonyl (C=O) groups excluding carboxylic acids is 1. The van der Waals surface area contributed by atoms with Gasteiger partial charge in [0.05, 0.1) is 18.2 Å². The number of nitrogens with one attached hydrogen (secondary N) is 1. The number of fused-ring (bicyclic) bond motifs is 1. The van der Waals surface area contributed by atoms with Gasteiger partial charge in [-0.25, -0.2) is 0 Å². The molecule has 0 aromatic heterocycles. The van der Waals surface area contributed by atoms with Gasteiger partial charge in [-0.15, -0.1) is 0 Å². The molecule has 1 atom stereocenters. The molecule has 1 aromatic rings. The standard InChI is InChI=1S/C15H22N2O2/c1-11(18)15(2,3)16-14(19)10-17-9-8-12-6-4-5-7-13(12)17/h4-7,11,18H,8-10H2,1-3H3,(H,16,19)/t11-/m0/s1. The van der Waals surface area contributed by atoms with E-state index in [0.717, 1.165) is 18.7 Å². The normalized spacial score (nSPS) is 16.1. The van der Waals surface area contributed by atoms with Gasteiger partial charge in [0.25, 0.3) is 0 Å². The maximum absolute atomic E-state index is 12.1. The van der Waals surface area contributed by atoms with Crippen molar-refractivity contribution in [3.8, 4) is 0 Å². The molecule has 0 spiro atoms. The summed E-state index contributed by atoms with van der Waals surface area (Å²) < 4.78 is 0. The summed E-state index contributed by atoms with van der Waals surface area (Å²) in [4.78, 5) is 14.2. The third-order valence-corrected chi connectivity index (χ3v) is 3.82. The molecule has 2 rings (SSSR count). The number of para-hydroxylation sites is 1. The van der Waals surface area contributed by atoms with Crippen molar-refractivity contribution in [1.29, 1.82) is 0 Å². The summed E-state index contributed by atoms with van der Waals surface area (Å²) in [6.45, 7) is 6.56. The maximum Gasteiger partial charge on any atom is 0.240 e. The maximum atomic E-state index is 12.1. The van der Waals surface area contributed by atoms with Crippen LogP contribution in [0.25, 0.3) is 0 Å². The molecule has 104 valence electrons. The highest BCUT2D eigenvalue weighted by Gasteiger charge is 2.28. The highest BCUT2D eigenvalue weighted by atomic mass is 16.3. The van der Waals surface area contributed by atoms with Gasteiger partial charge in [-0.2, -0.15) is 0 Å². The first kappa shape index (κ1) is 13.9. The van der Waals surface area contributed by atoms with Crippen LogP contribution < -0.4 is 10.2 Å². The van der Waals surface area contributed by atoms with Crippen LogP contribution in [0.5, 0.6) is 0 Å². The largest absolute Gasteiger partial charge is 0.391 e. The number of carbonyl (C=O) groups is 1. The first-order chi connectivity index (χ1) is 8.90. The van der Waals surface area contributed by atoms with Crippen LogP contribution in [0, 0.1) is 0 Å². The number of amides is 1. The molecule has 0 aliphatic carbocycles. The minimum atomic E-state index is -0.601. The molecule has 1 aliphatic heterocycles. The van der Waals surface area contributed by atoms with E-state index < -0.39 is 11.6 Å². The Morgan fingerprint density at radius 2 is 2.16 bits per heavy atom. The van der Waals surface area contributed by atoms with Crippen LogP contribution in [-0.4, -0.2) is 35.7 Å². The van der Waals surface area contributed by atoms with Crippen LogP contribution in [0.4, 0.5) is 5.69 Å². The molecule has 0 radical (unpaired) electrons. The topological polar surface area (TPSA) is 52.6 Å². The molecule has 19 heavy (non-hydrogen) atoms. The summed E-state index contributed by atoms with van der Waals surface area (Å²) in [6.07, 6.45) is 0.408. The number of aliphatic hydroxyl groups excluding tert-OH is 1. The zero-order valence-electron chi connectivity index (χ0n) is 11.8. The number of rotatable bonds is 4. The average Bonchev–Trinajstić information content (AvgIpc) is 2.72. The van der Waals surface area contributed by atoms with E-state index in [1.54, 1.807) is 6.92 Å². The van der Waals surface area contributed by atoms with Gasteiger partial charge in [-0.1, -0.05) is 18.2 Å². The molecule has 0 bridgehead atoms. The summed E-state index contributed by atoms with van der Waals surface area (Å²) in [5.74, 6) is -0.0531. The van der Waals surface area contributed by atoms with Crippen molar-refractivity contribution >= 4 is 11.6 Å². The van der Waals surface area contributed by atoms with Gasteiger partial charge in [0.1, 0.15) is 0 Å². The van der Waals surface area contributed by atoms with Gasteiger partial charge in [0.15, 0.2) is 0 Å². The number of benzene rings is 1. The lowest BCUT2D eigenvalue weighted by molar-refractivity contribution is -0.122. The van der Waals surface area contributed by atoms with Crippen LogP contribution in [0.1, 0.15) is 26.3 Å². The third kappa shape index (κ3) is 3.07. The summed E-state index contributed by atoms with van der Waals surface area (Å²) in [6, 6.07) is 8.18. The fourth-order valence-electron chi connectivity index (χ4n) is 2.25. The molecule has 0 saturated carbocycles. The summed E-state index contributed by atoms with van der Waals surface area (Å²) in [5, 5.41) is 12.5. The molecule has 1 heterocycles. The first-order valence-electron chi connectivity index (χ1n) is 6.72. The van der Waals surface area contributed by atoms with E-state index in [-0.39, 0.29) is 5.91 Å². The van der Waals surface area contributed by atoms with Crippen LogP contribution in [-0.2, 0) is 11.2 Å². The van der Waals surface area contributed by atoms with Crippen molar-refractivity contribution in [2.75, 3.05) is 18.0 Å². The number of nitrogens with zero attached hydrogens (tertiary/aromatic N) is 1. The van der Waals surface area contributed by atoms with Crippen molar-refractivity contribution in [2.45, 2.75) is 38.8 Å². The Morgan fingerprint density at radius 1 is 1.47 bits per heavy atom. The van der Waals surface area contributed by atoms with Crippen LogP contribution >= 0.6 is 0 Å². The summed E-state index contributed by atoms with van der Waals surface area (Å²) in [7, 11) is 0. The molecule has 0 fully saturated rings. The fourth-order valence-corrected chi connectivity index (χ4v) is 2.25. The Bertz CT molecular complexity index is 469. The lowest BCUT2D eigenvalue weighted by Gasteiger charge is -2.30. The lowest BCUT2D eigenvalue weighted by atomic mass is 9.99. The zero-order chi connectivity index (χ0) is 14.0. The van der Waals surface area contributed by atoms with E-state index >= 15 is 0 Å². The quantitative estimate of drug-likeness (QED) is 0.860. The van der Waals surface area contributed by atoms with Gasteiger partial charge < -0.3 is 15.3 Å². The van der Waals surface area contributed by atoms with Crippen molar-refractivity contribution in [2.24, 2.45) is 0 Å². The molecule has 1 aromatic carbocycles. The SMILES string of the molecule is C[C@H](O)C(C)(C)NC(=O)CN1CCc2ccccc21. The van der Waals surface area contributed by atoms with E-state index in [1.165, 1.54) is 5.56 Å². The second-order valence-electron chi connectivity index (χ2n) is 5.75. The van der Waals surface area contributed by atoms with E-state index in [2.05, 4.69) is 22.3 Å². The van der Waals surface area contributed by atoms with Crippen molar-refractivity contribution < 1.29 is 9.90 Å². The van der Waals surface area contributed by atoms with Gasteiger partial charge in [-0.3, -0.25) is 4.79 Å². The minimum absolute atomic E-state index is 0.0531. The van der Waals surface area contributed by atoms with Crippen molar-refractivity contribution in [3.63, 3.8) is 0 Å².